The number of hydrogen-bond donors (Lipinski definition) is 1. The summed E-state index contributed by atoms with van der Waals surface area (Å²) in [4.78, 5) is 14.2. The van der Waals surface area contributed by atoms with Crippen molar-refractivity contribution in [2.45, 2.75) is 18.6 Å². The number of rotatable bonds is 2. The van der Waals surface area contributed by atoms with E-state index in [9.17, 15) is 9.18 Å². The van der Waals surface area contributed by atoms with Crippen molar-refractivity contribution < 1.29 is 9.18 Å². The van der Waals surface area contributed by atoms with E-state index in [1.54, 1.807) is 23.1 Å². The molecule has 0 saturated carbocycles. The van der Waals surface area contributed by atoms with Crippen molar-refractivity contribution in [3.8, 4) is 0 Å². The Morgan fingerprint density at radius 2 is 1.92 bits per heavy atom. The number of hydrogen-bond acceptors (Lipinski definition) is 2. The highest BCUT2D eigenvalue weighted by atomic mass is 32.2. The first-order valence-corrected chi connectivity index (χ1v) is 9.17. The number of aryl methyl sites for hydroxylation is 1. The molecule has 1 fully saturated rings. The molecule has 1 saturated heterocycles. The second kappa shape index (κ2) is 7.71. The van der Waals surface area contributed by atoms with E-state index in [0.717, 1.165) is 12.2 Å². The number of amides is 2. The van der Waals surface area contributed by atoms with Gasteiger partial charge in [0.1, 0.15) is 5.82 Å². The van der Waals surface area contributed by atoms with Gasteiger partial charge < -0.3 is 10.2 Å². The number of nitrogens with one attached hydrogen (secondary N) is 1. The lowest BCUT2D eigenvalue weighted by atomic mass is 10.0. The van der Waals surface area contributed by atoms with Gasteiger partial charge in [0.25, 0.3) is 0 Å². The summed E-state index contributed by atoms with van der Waals surface area (Å²) in [5.74, 6) is 0.469. The van der Waals surface area contributed by atoms with Crippen LogP contribution in [0.2, 0.25) is 0 Å². The summed E-state index contributed by atoms with van der Waals surface area (Å²) in [6.07, 6.45) is 0.903. The van der Waals surface area contributed by atoms with Crippen LogP contribution >= 0.6 is 11.8 Å². The van der Waals surface area contributed by atoms with E-state index in [0.29, 0.717) is 18.3 Å². The largest absolute Gasteiger partial charge is 0.324 e. The van der Waals surface area contributed by atoms with Crippen LogP contribution < -0.4 is 5.32 Å². The minimum atomic E-state index is -0.409. The summed E-state index contributed by atoms with van der Waals surface area (Å²) in [7, 11) is 0. The van der Waals surface area contributed by atoms with Gasteiger partial charge in [0, 0.05) is 24.1 Å². The summed E-state index contributed by atoms with van der Waals surface area (Å²) in [5.41, 5.74) is 2.87. The molecule has 3 rings (SSSR count). The van der Waals surface area contributed by atoms with E-state index in [1.165, 1.54) is 17.2 Å². The normalized spacial score (nSPS) is 18.1. The quantitative estimate of drug-likeness (QED) is 0.845. The van der Waals surface area contributed by atoms with E-state index in [4.69, 9.17) is 0 Å². The van der Waals surface area contributed by atoms with Crippen molar-refractivity contribution in [3.63, 3.8) is 0 Å². The molecule has 0 aromatic heterocycles. The molecule has 1 heterocycles. The third kappa shape index (κ3) is 3.90. The van der Waals surface area contributed by atoms with Gasteiger partial charge in [0.2, 0.25) is 0 Å². The van der Waals surface area contributed by atoms with Crippen LogP contribution in [-0.2, 0) is 0 Å². The number of thioether (sulfide) groups is 1. The zero-order chi connectivity index (χ0) is 16.9. The minimum absolute atomic E-state index is 0.230. The van der Waals surface area contributed by atoms with Gasteiger partial charge in [-0.25, -0.2) is 9.18 Å². The topological polar surface area (TPSA) is 32.3 Å². The first kappa shape index (κ1) is 16.8. The Labute approximate surface area is 146 Å². The van der Waals surface area contributed by atoms with Crippen LogP contribution in [0, 0.1) is 12.7 Å². The van der Waals surface area contributed by atoms with Crippen LogP contribution in [0.5, 0.6) is 0 Å². The van der Waals surface area contributed by atoms with Crippen LogP contribution in [0.25, 0.3) is 0 Å². The smallest absolute Gasteiger partial charge is 0.321 e. The van der Waals surface area contributed by atoms with Gasteiger partial charge in [-0.15, -0.1) is 0 Å². The molecule has 2 aromatic carbocycles. The van der Waals surface area contributed by atoms with Gasteiger partial charge in [-0.3, -0.25) is 0 Å². The fourth-order valence-electron chi connectivity index (χ4n) is 2.93. The summed E-state index contributed by atoms with van der Waals surface area (Å²) < 4.78 is 13.7. The Bertz CT molecular complexity index is 722. The molecule has 1 unspecified atom stereocenters. The van der Waals surface area contributed by atoms with Crippen LogP contribution in [0.1, 0.15) is 22.8 Å². The Morgan fingerprint density at radius 1 is 1.17 bits per heavy atom. The van der Waals surface area contributed by atoms with Crippen molar-refractivity contribution in [2.75, 3.05) is 24.2 Å². The molecular formula is C19H21FN2OS. The van der Waals surface area contributed by atoms with Crippen molar-refractivity contribution in [3.05, 3.63) is 65.5 Å². The van der Waals surface area contributed by atoms with Gasteiger partial charge >= 0.3 is 6.03 Å². The maximum Gasteiger partial charge on any atom is 0.321 e. The number of benzene rings is 2. The number of para-hydroxylation sites is 1. The van der Waals surface area contributed by atoms with Crippen molar-refractivity contribution >= 4 is 23.5 Å². The number of halogens is 1. The lowest BCUT2D eigenvalue weighted by molar-refractivity contribution is 0.215. The van der Waals surface area contributed by atoms with Crippen molar-refractivity contribution in [2.24, 2.45) is 0 Å². The van der Waals surface area contributed by atoms with Crippen LogP contribution in [0.4, 0.5) is 14.9 Å². The fraction of sp³-hybridized carbons (Fsp3) is 0.316. The number of urea groups is 1. The van der Waals surface area contributed by atoms with E-state index < -0.39 is 5.82 Å². The molecule has 0 radical (unpaired) electrons. The summed E-state index contributed by atoms with van der Waals surface area (Å²) in [6, 6.07) is 14.4. The van der Waals surface area contributed by atoms with E-state index in [-0.39, 0.29) is 11.7 Å². The molecule has 126 valence electrons. The van der Waals surface area contributed by atoms with Crippen molar-refractivity contribution in [1.82, 2.24) is 4.90 Å². The summed E-state index contributed by atoms with van der Waals surface area (Å²) in [5, 5.41) is 3.08. The van der Waals surface area contributed by atoms with E-state index in [2.05, 4.69) is 30.4 Å². The van der Waals surface area contributed by atoms with E-state index >= 15 is 0 Å². The predicted octanol–water partition coefficient (Wildman–Crippen LogP) is 4.85. The zero-order valence-corrected chi connectivity index (χ0v) is 14.5. The Hall–Kier alpha value is -2.01. The van der Waals surface area contributed by atoms with Gasteiger partial charge in [-0.1, -0.05) is 36.4 Å². The van der Waals surface area contributed by atoms with Crippen molar-refractivity contribution in [1.29, 1.82) is 0 Å². The zero-order valence-electron chi connectivity index (χ0n) is 13.7. The highest BCUT2D eigenvalue weighted by molar-refractivity contribution is 7.99. The molecule has 1 N–H and O–H groups in total. The first-order valence-electron chi connectivity index (χ1n) is 8.13. The minimum Gasteiger partial charge on any atom is -0.324 e. The third-order valence-electron chi connectivity index (χ3n) is 4.28. The van der Waals surface area contributed by atoms with E-state index in [1.807, 2.05) is 17.8 Å². The molecule has 1 atom stereocenters. The third-order valence-corrected chi connectivity index (χ3v) is 5.59. The van der Waals surface area contributed by atoms with Crippen LogP contribution in [0.3, 0.4) is 0 Å². The second-order valence-electron chi connectivity index (χ2n) is 5.90. The monoisotopic (exact) mass is 344 g/mol. The first-order chi connectivity index (χ1) is 11.6. The van der Waals surface area contributed by atoms with Crippen LogP contribution in [0.15, 0.2) is 48.5 Å². The molecule has 3 nitrogen and oxygen atoms in total. The molecular weight excluding hydrogens is 323 g/mol. The fourth-order valence-corrected chi connectivity index (χ4v) is 4.25. The highest BCUT2D eigenvalue weighted by Gasteiger charge is 2.23. The molecule has 24 heavy (non-hydrogen) atoms. The average Bonchev–Trinajstić information content (AvgIpc) is 2.83. The highest BCUT2D eigenvalue weighted by Crippen LogP contribution is 2.36. The molecule has 0 spiro atoms. The maximum atomic E-state index is 13.7. The van der Waals surface area contributed by atoms with Crippen LogP contribution in [-0.4, -0.2) is 29.8 Å². The summed E-state index contributed by atoms with van der Waals surface area (Å²) >= 11 is 1.89. The SMILES string of the molecule is Cc1ccccc1C1CCN(C(=O)Nc2ccccc2F)CCS1. The molecule has 0 bridgehead atoms. The van der Waals surface area contributed by atoms with Gasteiger partial charge in [-0.05, 0) is 36.6 Å². The molecule has 5 heteroatoms. The standard InChI is InChI=1S/C19H21FN2OS/c1-14-6-2-3-7-15(14)18-10-11-22(12-13-24-18)19(23)21-17-9-5-4-8-16(17)20/h2-9,18H,10-13H2,1H3,(H,21,23). The number of anilines is 1. The average molecular weight is 344 g/mol. The van der Waals surface area contributed by atoms with Gasteiger partial charge in [0.05, 0.1) is 5.69 Å². The maximum absolute atomic E-state index is 13.7. The Morgan fingerprint density at radius 3 is 2.71 bits per heavy atom. The molecule has 2 amide bonds. The molecule has 0 aliphatic carbocycles. The lowest BCUT2D eigenvalue weighted by Gasteiger charge is -2.21. The number of nitrogens with zero attached hydrogens (tertiary/aromatic N) is 1. The molecule has 1 aliphatic heterocycles. The summed E-state index contributed by atoms with van der Waals surface area (Å²) in [6.45, 7) is 3.48. The molecule has 1 aliphatic rings. The number of carbonyl (C=O) groups is 1. The number of carbonyl (C=O) groups excluding carboxylic acids is 1. The van der Waals surface area contributed by atoms with Gasteiger partial charge in [-0.2, -0.15) is 11.8 Å². The Kier molecular flexibility index (Phi) is 5.41. The molecule has 2 aromatic rings. The van der Waals surface area contributed by atoms with Gasteiger partial charge in [0.15, 0.2) is 0 Å². The second-order valence-corrected chi connectivity index (χ2v) is 7.21. The lowest BCUT2D eigenvalue weighted by Crippen LogP contribution is -2.36. The Balaban J connectivity index is 1.64. The predicted molar refractivity (Wildman–Crippen MR) is 98.0 cm³/mol.